The van der Waals surface area contributed by atoms with Crippen LogP contribution < -0.4 is 14.2 Å². The summed E-state index contributed by atoms with van der Waals surface area (Å²) in [5.41, 5.74) is -0.0590. The zero-order valence-corrected chi connectivity index (χ0v) is 12.1. The third-order valence-corrected chi connectivity index (χ3v) is 4.49. The predicted octanol–water partition coefficient (Wildman–Crippen LogP) is 2.93. The molecule has 1 aliphatic heterocycles. The molecule has 0 amide bonds. The van der Waals surface area contributed by atoms with E-state index in [1.54, 1.807) is 19.2 Å². The Bertz CT molecular complexity index is 572. The molecule has 2 aliphatic rings. The van der Waals surface area contributed by atoms with Crippen LogP contribution in [0, 0.1) is 16.7 Å². The molecule has 3 rings (SSSR count). The van der Waals surface area contributed by atoms with E-state index in [0.717, 1.165) is 32.1 Å². The fourth-order valence-corrected chi connectivity index (χ4v) is 3.26. The third kappa shape index (κ3) is 2.30. The van der Waals surface area contributed by atoms with Crippen LogP contribution in [0.4, 0.5) is 0 Å². The van der Waals surface area contributed by atoms with Gasteiger partial charge in [-0.3, -0.25) is 0 Å². The first kappa shape index (κ1) is 14.0. The van der Waals surface area contributed by atoms with E-state index in [1.807, 2.05) is 0 Å². The zero-order chi connectivity index (χ0) is 14.9. The van der Waals surface area contributed by atoms with Gasteiger partial charge in [-0.2, -0.15) is 5.26 Å². The molecule has 1 aromatic carbocycles. The summed E-state index contributed by atoms with van der Waals surface area (Å²) in [5.74, 6) is 1.65. The van der Waals surface area contributed by atoms with Crippen molar-refractivity contribution in [3.8, 4) is 23.3 Å². The number of nitriles is 1. The van der Waals surface area contributed by atoms with Gasteiger partial charge in [-0.05, 0) is 30.5 Å². The van der Waals surface area contributed by atoms with Gasteiger partial charge in [0.15, 0.2) is 11.5 Å². The van der Waals surface area contributed by atoms with Gasteiger partial charge in [0.25, 0.3) is 0 Å². The van der Waals surface area contributed by atoms with Crippen LogP contribution in [0.3, 0.4) is 0 Å². The van der Waals surface area contributed by atoms with Crippen molar-refractivity contribution in [3.63, 3.8) is 0 Å². The minimum Gasteiger partial charge on any atom is -0.493 e. The van der Waals surface area contributed by atoms with Crippen LogP contribution in [0.2, 0.25) is 0 Å². The number of rotatable bonds is 3. The number of fused-ring (bicyclic) bond motifs is 1. The van der Waals surface area contributed by atoms with Gasteiger partial charge in [0, 0.05) is 0 Å². The lowest BCUT2D eigenvalue weighted by Gasteiger charge is -2.35. The summed E-state index contributed by atoms with van der Waals surface area (Å²) in [6.07, 6.45) is 3.69. The largest absolute Gasteiger partial charge is 0.493 e. The molecule has 1 N–H and O–H groups in total. The number of hydrogen-bond donors (Lipinski definition) is 1. The van der Waals surface area contributed by atoms with Crippen molar-refractivity contribution >= 4 is 0 Å². The molecule has 1 unspecified atom stereocenters. The summed E-state index contributed by atoms with van der Waals surface area (Å²) in [6.45, 7) is 0.147. The van der Waals surface area contributed by atoms with Gasteiger partial charge in [0.05, 0.1) is 24.7 Å². The van der Waals surface area contributed by atoms with E-state index in [-0.39, 0.29) is 6.79 Å². The van der Waals surface area contributed by atoms with E-state index in [1.165, 1.54) is 0 Å². The van der Waals surface area contributed by atoms with E-state index >= 15 is 0 Å². The van der Waals surface area contributed by atoms with E-state index in [9.17, 15) is 10.4 Å². The second-order valence-electron chi connectivity index (χ2n) is 5.69. The van der Waals surface area contributed by atoms with Crippen LogP contribution in [0.15, 0.2) is 12.1 Å². The van der Waals surface area contributed by atoms with Crippen LogP contribution >= 0.6 is 0 Å². The molecule has 21 heavy (non-hydrogen) atoms. The lowest BCUT2D eigenvalue weighted by molar-refractivity contribution is 0.0357. The Kier molecular flexibility index (Phi) is 3.64. The normalized spacial score (nSPS) is 20.6. The van der Waals surface area contributed by atoms with Gasteiger partial charge >= 0.3 is 0 Å². The molecule has 5 heteroatoms. The molecule has 5 nitrogen and oxygen atoms in total. The molecule has 1 fully saturated rings. The fraction of sp³-hybridized carbons (Fsp3) is 0.562. The Labute approximate surface area is 124 Å². The monoisotopic (exact) mass is 289 g/mol. The van der Waals surface area contributed by atoms with E-state index in [4.69, 9.17) is 14.2 Å². The quantitative estimate of drug-likeness (QED) is 0.926. The summed E-state index contributed by atoms with van der Waals surface area (Å²) in [4.78, 5) is 0. The highest BCUT2D eigenvalue weighted by molar-refractivity contribution is 5.55. The molecule has 112 valence electrons. The summed E-state index contributed by atoms with van der Waals surface area (Å²) in [6, 6.07) is 5.85. The van der Waals surface area contributed by atoms with Gasteiger partial charge in [-0.1, -0.05) is 19.3 Å². The maximum absolute atomic E-state index is 10.8. The molecular formula is C16H19NO4. The molecule has 0 radical (unpaired) electrons. The number of hydrogen-bond acceptors (Lipinski definition) is 5. The van der Waals surface area contributed by atoms with Crippen LogP contribution in [-0.2, 0) is 0 Å². The zero-order valence-electron chi connectivity index (χ0n) is 12.1. The summed E-state index contributed by atoms with van der Waals surface area (Å²) in [5, 5.41) is 20.4. The van der Waals surface area contributed by atoms with Crippen molar-refractivity contribution in [3.05, 3.63) is 17.7 Å². The Morgan fingerprint density at radius 3 is 2.71 bits per heavy atom. The average Bonchev–Trinajstić information content (AvgIpc) is 3.02. The number of aliphatic hydroxyl groups is 1. The Hall–Kier alpha value is -1.93. The molecule has 1 aliphatic carbocycles. The van der Waals surface area contributed by atoms with Gasteiger partial charge < -0.3 is 19.3 Å². The predicted molar refractivity (Wildman–Crippen MR) is 75.2 cm³/mol. The maximum Gasteiger partial charge on any atom is 0.231 e. The van der Waals surface area contributed by atoms with E-state index < -0.39 is 11.5 Å². The topological polar surface area (TPSA) is 71.7 Å². The Morgan fingerprint density at radius 2 is 2.05 bits per heavy atom. The lowest BCUT2D eigenvalue weighted by atomic mass is 9.69. The molecule has 1 aromatic rings. The van der Waals surface area contributed by atoms with Crippen molar-refractivity contribution in [2.75, 3.05) is 13.9 Å². The number of aliphatic hydroxyl groups excluding tert-OH is 1. The minimum atomic E-state index is -0.841. The molecule has 0 bridgehead atoms. The van der Waals surface area contributed by atoms with Crippen molar-refractivity contribution in [2.45, 2.75) is 38.2 Å². The number of ether oxygens (including phenoxy) is 3. The van der Waals surface area contributed by atoms with E-state index in [2.05, 4.69) is 6.07 Å². The van der Waals surface area contributed by atoms with Crippen molar-refractivity contribution in [1.29, 1.82) is 5.26 Å². The minimum absolute atomic E-state index is 0.147. The van der Waals surface area contributed by atoms with Crippen molar-refractivity contribution < 1.29 is 19.3 Å². The molecular weight excluding hydrogens is 270 g/mol. The Balaban J connectivity index is 1.98. The molecule has 0 saturated heterocycles. The number of benzene rings is 1. The summed E-state index contributed by atoms with van der Waals surface area (Å²) < 4.78 is 16.1. The number of nitrogens with zero attached hydrogens (tertiary/aromatic N) is 1. The van der Waals surface area contributed by atoms with Gasteiger partial charge in [-0.15, -0.1) is 0 Å². The van der Waals surface area contributed by atoms with Gasteiger partial charge in [0.1, 0.15) is 0 Å². The summed E-state index contributed by atoms with van der Waals surface area (Å²) in [7, 11) is 1.55. The molecule has 0 aromatic heterocycles. The SMILES string of the molecule is COc1cc(C(O)C2(C#N)CCCCC2)cc2c1OCO2. The van der Waals surface area contributed by atoms with Crippen molar-refractivity contribution in [2.24, 2.45) is 5.41 Å². The molecule has 1 atom stereocenters. The Morgan fingerprint density at radius 1 is 1.29 bits per heavy atom. The van der Waals surface area contributed by atoms with Crippen molar-refractivity contribution in [1.82, 2.24) is 0 Å². The standard InChI is InChI=1S/C16H19NO4/c1-19-12-7-11(8-13-14(12)21-10-20-13)15(18)16(9-17)5-3-2-4-6-16/h7-8,15,18H,2-6,10H2,1H3. The smallest absolute Gasteiger partial charge is 0.231 e. The number of methoxy groups -OCH3 is 1. The van der Waals surface area contributed by atoms with Gasteiger partial charge in [0.2, 0.25) is 12.5 Å². The highest BCUT2D eigenvalue weighted by Crippen LogP contribution is 2.49. The third-order valence-electron chi connectivity index (χ3n) is 4.49. The van der Waals surface area contributed by atoms with Gasteiger partial charge in [-0.25, -0.2) is 0 Å². The highest BCUT2D eigenvalue weighted by Gasteiger charge is 2.41. The lowest BCUT2D eigenvalue weighted by Crippen LogP contribution is -2.30. The first-order valence-electron chi connectivity index (χ1n) is 7.27. The molecule has 0 spiro atoms. The fourth-order valence-electron chi connectivity index (χ4n) is 3.26. The highest BCUT2D eigenvalue weighted by atomic mass is 16.7. The van der Waals surface area contributed by atoms with Crippen LogP contribution in [0.1, 0.15) is 43.8 Å². The summed E-state index contributed by atoms with van der Waals surface area (Å²) >= 11 is 0. The van der Waals surface area contributed by atoms with Crippen LogP contribution in [0.25, 0.3) is 0 Å². The first-order valence-corrected chi connectivity index (χ1v) is 7.27. The average molecular weight is 289 g/mol. The second-order valence-corrected chi connectivity index (χ2v) is 5.69. The van der Waals surface area contributed by atoms with Crippen LogP contribution in [0.5, 0.6) is 17.2 Å². The van der Waals surface area contributed by atoms with E-state index in [0.29, 0.717) is 22.8 Å². The first-order chi connectivity index (χ1) is 10.2. The maximum atomic E-state index is 10.8. The van der Waals surface area contributed by atoms with Crippen LogP contribution in [-0.4, -0.2) is 19.0 Å². The molecule has 1 heterocycles. The molecule has 1 saturated carbocycles. The second kappa shape index (κ2) is 5.45.